The van der Waals surface area contributed by atoms with Crippen LogP contribution in [0.2, 0.25) is 0 Å². The number of fused-ring (bicyclic) bond motifs is 1. The number of hydrogen-bond donors (Lipinski definition) is 1. The number of carbonyl (C=O) groups is 2. The minimum absolute atomic E-state index is 0.0188. The third-order valence-electron chi connectivity index (χ3n) is 5.42. The molecule has 2 aliphatic rings. The van der Waals surface area contributed by atoms with Crippen LogP contribution in [0, 0.1) is 0 Å². The van der Waals surface area contributed by atoms with E-state index in [1.165, 1.54) is 9.21 Å². The van der Waals surface area contributed by atoms with Crippen molar-refractivity contribution in [2.75, 3.05) is 24.5 Å². The van der Waals surface area contributed by atoms with E-state index in [0.717, 1.165) is 19.3 Å². The van der Waals surface area contributed by atoms with Crippen molar-refractivity contribution >= 4 is 27.5 Å². The van der Waals surface area contributed by atoms with Crippen LogP contribution in [0.1, 0.15) is 52.5 Å². The van der Waals surface area contributed by atoms with Crippen LogP contribution in [-0.4, -0.2) is 50.2 Å². The topological polar surface area (TPSA) is 86.8 Å². The molecule has 2 aliphatic heterocycles. The van der Waals surface area contributed by atoms with Crippen molar-refractivity contribution in [2.24, 2.45) is 0 Å². The highest BCUT2D eigenvalue weighted by Crippen LogP contribution is 2.42. The molecule has 0 atom stereocenters. The number of amides is 2. The second kappa shape index (κ2) is 7.48. The van der Waals surface area contributed by atoms with E-state index in [9.17, 15) is 18.0 Å². The summed E-state index contributed by atoms with van der Waals surface area (Å²) < 4.78 is 27.6. The van der Waals surface area contributed by atoms with E-state index >= 15 is 0 Å². The van der Waals surface area contributed by atoms with Crippen LogP contribution in [0.5, 0.6) is 0 Å². The molecule has 154 valence electrons. The van der Waals surface area contributed by atoms with Gasteiger partial charge in [0.1, 0.15) is 6.54 Å². The van der Waals surface area contributed by atoms with Gasteiger partial charge >= 0.3 is 0 Å². The Morgan fingerprint density at radius 1 is 1.18 bits per heavy atom. The Balaban J connectivity index is 1.95. The van der Waals surface area contributed by atoms with E-state index in [0.29, 0.717) is 24.3 Å². The number of sulfonamides is 1. The van der Waals surface area contributed by atoms with Gasteiger partial charge in [0.25, 0.3) is 0 Å². The molecule has 0 radical (unpaired) electrons. The first-order valence-electron chi connectivity index (χ1n) is 9.81. The quantitative estimate of drug-likeness (QED) is 0.809. The number of rotatable bonds is 5. The fourth-order valence-corrected chi connectivity index (χ4v) is 5.44. The summed E-state index contributed by atoms with van der Waals surface area (Å²) in [5.41, 5.74) is 0.361. The van der Waals surface area contributed by atoms with Crippen LogP contribution in [0.3, 0.4) is 0 Å². The van der Waals surface area contributed by atoms with E-state index in [2.05, 4.69) is 5.32 Å². The molecular weight excluding hydrogens is 378 g/mol. The van der Waals surface area contributed by atoms with Gasteiger partial charge in [-0.15, -0.1) is 0 Å². The molecular formula is C20H29N3O4S. The summed E-state index contributed by atoms with van der Waals surface area (Å²) in [6, 6.07) is 4.79. The Morgan fingerprint density at radius 2 is 1.82 bits per heavy atom. The molecule has 0 bridgehead atoms. The Labute approximate surface area is 167 Å². The lowest BCUT2D eigenvalue weighted by molar-refractivity contribution is -0.125. The fraction of sp³-hybridized carbons (Fsp3) is 0.600. The van der Waals surface area contributed by atoms with E-state index in [4.69, 9.17) is 0 Å². The predicted molar refractivity (Wildman–Crippen MR) is 108 cm³/mol. The molecule has 7 nitrogen and oxygen atoms in total. The normalized spacial score (nSPS) is 19.8. The zero-order valence-corrected chi connectivity index (χ0v) is 17.8. The molecule has 1 N–H and O–H groups in total. The first-order valence-corrected chi connectivity index (χ1v) is 11.2. The van der Waals surface area contributed by atoms with Crippen molar-refractivity contribution in [3.8, 4) is 0 Å². The van der Waals surface area contributed by atoms with E-state index in [-0.39, 0.29) is 29.3 Å². The standard InChI is InChI=1S/C20H29N3O4S/c1-14(2)21-18(24)13-23-17-9-8-15(12-16(17)20(3,4)19(23)25)28(26,27)22-10-6-5-7-11-22/h8-9,12,14H,5-7,10-11,13H2,1-4H3,(H,21,24). The van der Waals surface area contributed by atoms with Gasteiger partial charge in [-0.2, -0.15) is 4.31 Å². The van der Waals surface area contributed by atoms with Gasteiger partial charge in [-0.25, -0.2) is 8.42 Å². The van der Waals surface area contributed by atoms with Gasteiger partial charge in [0.15, 0.2) is 0 Å². The van der Waals surface area contributed by atoms with Gasteiger partial charge in [-0.1, -0.05) is 6.42 Å². The number of hydrogen-bond acceptors (Lipinski definition) is 4. The maximum Gasteiger partial charge on any atom is 0.243 e. The lowest BCUT2D eigenvalue weighted by atomic mass is 9.86. The number of nitrogens with one attached hydrogen (secondary N) is 1. The Bertz CT molecular complexity index is 887. The maximum absolute atomic E-state index is 13.0. The van der Waals surface area contributed by atoms with E-state index in [1.807, 2.05) is 13.8 Å². The second-order valence-electron chi connectivity index (χ2n) is 8.38. The number of piperidine rings is 1. The third kappa shape index (κ3) is 3.67. The maximum atomic E-state index is 13.0. The molecule has 2 heterocycles. The highest BCUT2D eigenvalue weighted by atomic mass is 32.2. The number of nitrogens with zero attached hydrogens (tertiary/aromatic N) is 2. The van der Waals surface area contributed by atoms with Crippen LogP contribution in [-0.2, 0) is 25.0 Å². The fourth-order valence-electron chi connectivity index (χ4n) is 3.90. The SMILES string of the molecule is CC(C)NC(=O)CN1C(=O)C(C)(C)c2cc(S(=O)(=O)N3CCCCC3)ccc21. The lowest BCUT2D eigenvalue weighted by Gasteiger charge is -2.26. The van der Waals surface area contributed by atoms with Gasteiger partial charge in [0.05, 0.1) is 10.3 Å². The average Bonchev–Trinajstić information content (AvgIpc) is 2.82. The molecule has 3 rings (SSSR count). The molecule has 8 heteroatoms. The lowest BCUT2D eigenvalue weighted by Crippen LogP contribution is -2.44. The molecule has 2 amide bonds. The van der Waals surface area contributed by atoms with Gasteiger partial charge in [-0.05, 0) is 64.3 Å². The summed E-state index contributed by atoms with van der Waals surface area (Å²) in [5, 5.41) is 2.79. The van der Waals surface area contributed by atoms with Crippen LogP contribution >= 0.6 is 0 Å². The van der Waals surface area contributed by atoms with E-state index < -0.39 is 15.4 Å². The van der Waals surface area contributed by atoms with Gasteiger partial charge < -0.3 is 10.2 Å². The summed E-state index contributed by atoms with van der Waals surface area (Å²) in [6.45, 7) is 8.24. The molecule has 1 aromatic carbocycles. The highest BCUT2D eigenvalue weighted by molar-refractivity contribution is 7.89. The minimum atomic E-state index is -3.58. The Morgan fingerprint density at radius 3 is 2.43 bits per heavy atom. The number of anilines is 1. The summed E-state index contributed by atoms with van der Waals surface area (Å²) >= 11 is 0. The number of benzene rings is 1. The molecule has 1 fully saturated rings. The van der Waals surface area contributed by atoms with Crippen molar-refractivity contribution < 1.29 is 18.0 Å². The van der Waals surface area contributed by atoms with Crippen molar-refractivity contribution in [3.05, 3.63) is 23.8 Å². The smallest absolute Gasteiger partial charge is 0.243 e. The van der Waals surface area contributed by atoms with Crippen LogP contribution < -0.4 is 10.2 Å². The first kappa shape index (κ1) is 20.8. The molecule has 28 heavy (non-hydrogen) atoms. The van der Waals surface area contributed by atoms with Gasteiger partial charge in [0.2, 0.25) is 21.8 Å². The zero-order chi connectivity index (χ0) is 20.7. The Kier molecular flexibility index (Phi) is 5.55. The van der Waals surface area contributed by atoms with E-state index in [1.54, 1.807) is 32.0 Å². The monoisotopic (exact) mass is 407 g/mol. The van der Waals surface area contributed by atoms with Crippen LogP contribution in [0.4, 0.5) is 5.69 Å². The van der Waals surface area contributed by atoms with Crippen molar-refractivity contribution in [3.63, 3.8) is 0 Å². The molecule has 0 aromatic heterocycles. The zero-order valence-electron chi connectivity index (χ0n) is 17.0. The predicted octanol–water partition coefficient (Wildman–Crippen LogP) is 2.01. The minimum Gasteiger partial charge on any atom is -0.352 e. The van der Waals surface area contributed by atoms with Crippen molar-refractivity contribution in [2.45, 2.75) is 63.3 Å². The number of carbonyl (C=O) groups excluding carboxylic acids is 2. The summed E-state index contributed by atoms with van der Waals surface area (Å²) in [4.78, 5) is 26.8. The van der Waals surface area contributed by atoms with Gasteiger partial charge in [0, 0.05) is 24.8 Å². The third-order valence-corrected chi connectivity index (χ3v) is 7.31. The summed E-state index contributed by atoms with van der Waals surface area (Å²) in [6.07, 6.45) is 2.78. The largest absolute Gasteiger partial charge is 0.352 e. The van der Waals surface area contributed by atoms with Gasteiger partial charge in [-0.3, -0.25) is 9.59 Å². The molecule has 1 aromatic rings. The summed E-state index contributed by atoms with van der Waals surface area (Å²) in [5.74, 6) is -0.439. The first-order chi connectivity index (χ1) is 13.0. The van der Waals surface area contributed by atoms with Crippen molar-refractivity contribution in [1.29, 1.82) is 0 Å². The van der Waals surface area contributed by atoms with Crippen LogP contribution in [0.15, 0.2) is 23.1 Å². The second-order valence-corrected chi connectivity index (χ2v) is 10.3. The Hall–Kier alpha value is -1.93. The van der Waals surface area contributed by atoms with Crippen molar-refractivity contribution in [1.82, 2.24) is 9.62 Å². The molecule has 1 saturated heterocycles. The molecule has 0 spiro atoms. The molecule has 0 aliphatic carbocycles. The van der Waals surface area contributed by atoms with Crippen LogP contribution in [0.25, 0.3) is 0 Å². The molecule has 0 saturated carbocycles. The highest BCUT2D eigenvalue weighted by Gasteiger charge is 2.45. The average molecular weight is 408 g/mol. The summed E-state index contributed by atoms with van der Waals surface area (Å²) in [7, 11) is -3.58. The molecule has 0 unspecified atom stereocenters.